The molecule has 0 amide bonds. The third kappa shape index (κ3) is 4.36. The molecule has 0 aliphatic carbocycles. The van der Waals surface area contributed by atoms with E-state index in [1.54, 1.807) is 18.6 Å². The van der Waals surface area contributed by atoms with Gasteiger partial charge in [0.15, 0.2) is 0 Å². The summed E-state index contributed by atoms with van der Waals surface area (Å²) in [6, 6.07) is 0.130. The summed E-state index contributed by atoms with van der Waals surface area (Å²) in [6.45, 7) is 4.68. The van der Waals surface area contributed by atoms with Gasteiger partial charge in [0, 0.05) is 31.2 Å². The Morgan fingerprint density at radius 3 is 2.87 bits per heavy atom. The second-order valence-corrected chi connectivity index (χ2v) is 3.70. The van der Waals surface area contributed by atoms with Gasteiger partial charge in [0.05, 0.1) is 11.8 Å². The van der Waals surface area contributed by atoms with Crippen molar-refractivity contribution < 1.29 is 5.11 Å². The lowest BCUT2D eigenvalue weighted by molar-refractivity contribution is 0.157. The van der Waals surface area contributed by atoms with Crippen molar-refractivity contribution in [2.45, 2.75) is 38.8 Å². The fourth-order valence-corrected chi connectivity index (χ4v) is 1.39. The van der Waals surface area contributed by atoms with Gasteiger partial charge in [0.25, 0.3) is 0 Å². The summed E-state index contributed by atoms with van der Waals surface area (Å²) in [5, 5.41) is 12.8. The molecule has 0 bridgehead atoms. The van der Waals surface area contributed by atoms with Gasteiger partial charge in [-0.05, 0) is 13.3 Å². The quantitative estimate of drug-likeness (QED) is 0.741. The van der Waals surface area contributed by atoms with Gasteiger partial charge >= 0.3 is 0 Å². The molecule has 0 aromatic carbocycles. The Morgan fingerprint density at radius 1 is 1.47 bits per heavy atom. The molecule has 84 valence electrons. The molecular weight excluding hydrogens is 190 g/mol. The van der Waals surface area contributed by atoms with Crippen LogP contribution in [0.2, 0.25) is 0 Å². The summed E-state index contributed by atoms with van der Waals surface area (Å²) in [5.41, 5.74) is 0.904. The van der Waals surface area contributed by atoms with Crippen LogP contribution in [0.3, 0.4) is 0 Å². The first kappa shape index (κ1) is 12.1. The molecule has 1 rings (SSSR count). The Balaban J connectivity index is 2.33. The summed E-state index contributed by atoms with van der Waals surface area (Å²) in [5.74, 6) is 0. The van der Waals surface area contributed by atoms with Crippen LogP contribution in [0.25, 0.3) is 0 Å². The maximum atomic E-state index is 9.55. The van der Waals surface area contributed by atoms with Crippen molar-refractivity contribution in [1.29, 1.82) is 0 Å². The normalized spacial score (nSPS) is 14.9. The number of rotatable bonds is 6. The standard InChI is InChI=1S/C11H19N3O/c1-3-4-10(15)7-14-9(2)11-8-12-5-6-13-11/h5-6,8-10,14-15H,3-4,7H2,1-2H3. The Kier molecular flexibility index (Phi) is 5.21. The van der Waals surface area contributed by atoms with Crippen molar-refractivity contribution in [2.75, 3.05) is 6.54 Å². The molecule has 0 spiro atoms. The third-order valence-electron chi connectivity index (χ3n) is 2.31. The van der Waals surface area contributed by atoms with Crippen LogP contribution in [-0.4, -0.2) is 27.7 Å². The minimum absolute atomic E-state index is 0.130. The Hall–Kier alpha value is -1.00. The highest BCUT2D eigenvalue weighted by Crippen LogP contribution is 2.06. The van der Waals surface area contributed by atoms with E-state index in [9.17, 15) is 5.11 Å². The van der Waals surface area contributed by atoms with Crippen molar-refractivity contribution in [1.82, 2.24) is 15.3 Å². The molecule has 4 heteroatoms. The minimum atomic E-state index is -0.269. The highest BCUT2D eigenvalue weighted by molar-refractivity contribution is 5.00. The Labute approximate surface area is 90.8 Å². The lowest BCUT2D eigenvalue weighted by Crippen LogP contribution is -2.29. The highest BCUT2D eigenvalue weighted by Gasteiger charge is 2.08. The highest BCUT2D eigenvalue weighted by atomic mass is 16.3. The first-order valence-corrected chi connectivity index (χ1v) is 5.41. The molecule has 0 aliphatic heterocycles. The van der Waals surface area contributed by atoms with Gasteiger partial charge in [0.1, 0.15) is 0 Å². The fraction of sp³-hybridized carbons (Fsp3) is 0.636. The second-order valence-electron chi connectivity index (χ2n) is 3.70. The molecule has 1 aromatic rings. The summed E-state index contributed by atoms with van der Waals surface area (Å²) in [7, 11) is 0. The van der Waals surface area contributed by atoms with Gasteiger partial charge < -0.3 is 10.4 Å². The molecule has 0 aliphatic rings. The van der Waals surface area contributed by atoms with E-state index in [0.29, 0.717) is 6.54 Å². The van der Waals surface area contributed by atoms with Crippen molar-refractivity contribution in [3.63, 3.8) is 0 Å². The number of aromatic nitrogens is 2. The second kappa shape index (κ2) is 6.48. The predicted octanol–water partition coefficient (Wildman–Crippen LogP) is 1.29. The molecule has 0 saturated heterocycles. The van der Waals surface area contributed by atoms with Gasteiger partial charge in [-0.1, -0.05) is 13.3 Å². The molecular formula is C11H19N3O. The van der Waals surface area contributed by atoms with Gasteiger partial charge in [-0.25, -0.2) is 0 Å². The third-order valence-corrected chi connectivity index (χ3v) is 2.31. The van der Waals surface area contributed by atoms with Gasteiger partial charge in [-0.3, -0.25) is 9.97 Å². The molecule has 0 radical (unpaired) electrons. The van der Waals surface area contributed by atoms with E-state index in [1.807, 2.05) is 6.92 Å². The number of aliphatic hydroxyl groups is 1. The molecule has 4 nitrogen and oxygen atoms in total. The van der Waals surface area contributed by atoms with Gasteiger partial charge in [-0.2, -0.15) is 0 Å². The van der Waals surface area contributed by atoms with E-state index in [1.165, 1.54) is 0 Å². The monoisotopic (exact) mass is 209 g/mol. The van der Waals surface area contributed by atoms with E-state index in [2.05, 4.69) is 22.2 Å². The van der Waals surface area contributed by atoms with Crippen LogP contribution in [0.15, 0.2) is 18.6 Å². The van der Waals surface area contributed by atoms with Crippen LogP contribution >= 0.6 is 0 Å². The van der Waals surface area contributed by atoms with Gasteiger partial charge in [-0.15, -0.1) is 0 Å². The molecule has 2 unspecified atom stereocenters. The Bertz CT molecular complexity index is 266. The Morgan fingerprint density at radius 2 is 2.27 bits per heavy atom. The van der Waals surface area contributed by atoms with Crippen molar-refractivity contribution in [3.05, 3.63) is 24.3 Å². The summed E-state index contributed by atoms with van der Waals surface area (Å²) in [4.78, 5) is 8.20. The fourth-order valence-electron chi connectivity index (χ4n) is 1.39. The molecule has 1 heterocycles. The minimum Gasteiger partial charge on any atom is -0.392 e. The molecule has 2 atom stereocenters. The van der Waals surface area contributed by atoms with Crippen LogP contribution in [0, 0.1) is 0 Å². The summed E-state index contributed by atoms with van der Waals surface area (Å²) < 4.78 is 0. The van der Waals surface area contributed by atoms with E-state index in [4.69, 9.17) is 0 Å². The zero-order valence-corrected chi connectivity index (χ0v) is 9.35. The van der Waals surface area contributed by atoms with Crippen LogP contribution in [-0.2, 0) is 0 Å². The zero-order valence-electron chi connectivity index (χ0n) is 9.35. The van der Waals surface area contributed by atoms with Crippen molar-refractivity contribution in [3.8, 4) is 0 Å². The molecule has 2 N–H and O–H groups in total. The maximum absolute atomic E-state index is 9.55. The number of hydrogen-bond acceptors (Lipinski definition) is 4. The summed E-state index contributed by atoms with van der Waals surface area (Å²) >= 11 is 0. The van der Waals surface area contributed by atoms with E-state index < -0.39 is 0 Å². The first-order valence-electron chi connectivity index (χ1n) is 5.41. The molecule has 15 heavy (non-hydrogen) atoms. The zero-order chi connectivity index (χ0) is 11.1. The van der Waals surface area contributed by atoms with Crippen LogP contribution in [0.5, 0.6) is 0 Å². The number of nitrogens with one attached hydrogen (secondary N) is 1. The first-order chi connectivity index (χ1) is 7.24. The smallest absolute Gasteiger partial charge is 0.0753 e. The van der Waals surface area contributed by atoms with E-state index >= 15 is 0 Å². The van der Waals surface area contributed by atoms with E-state index in [-0.39, 0.29) is 12.1 Å². The van der Waals surface area contributed by atoms with Crippen LogP contribution in [0.4, 0.5) is 0 Å². The van der Waals surface area contributed by atoms with Gasteiger partial charge in [0.2, 0.25) is 0 Å². The average molecular weight is 209 g/mol. The maximum Gasteiger partial charge on any atom is 0.0753 e. The number of aliphatic hydroxyl groups excluding tert-OH is 1. The number of hydrogen-bond donors (Lipinski definition) is 2. The lowest BCUT2D eigenvalue weighted by atomic mass is 10.2. The largest absolute Gasteiger partial charge is 0.392 e. The number of nitrogens with zero attached hydrogens (tertiary/aromatic N) is 2. The lowest BCUT2D eigenvalue weighted by Gasteiger charge is -2.15. The molecule has 1 aromatic heterocycles. The predicted molar refractivity (Wildman–Crippen MR) is 59.4 cm³/mol. The molecule has 0 fully saturated rings. The van der Waals surface area contributed by atoms with Crippen LogP contribution in [0.1, 0.15) is 38.4 Å². The summed E-state index contributed by atoms with van der Waals surface area (Å²) in [6.07, 6.45) is 6.64. The topological polar surface area (TPSA) is 58.0 Å². The van der Waals surface area contributed by atoms with Crippen molar-refractivity contribution >= 4 is 0 Å². The average Bonchev–Trinajstić information content (AvgIpc) is 2.27. The SMILES string of the molecule is CCCC(O)CNC(C)c1cnccn1. The van der Waals surface area contributed by atoms with Crippen molar-refractivity contribution in [2.24, 2.45) is 0 Å². The van der Waals surface area contributed by atoms with E-state index in [0.717, 1.165) is 18.5 Å². The van der Waals surface area contributed by atoms with Crippen LogP contribution < -0.4 is 5.32 Å². The molecule has 0 saturated carbocycles.